The van der Waals surface area contributed by atoms with E-state index in [-0.39, 0.29) is 54.9 Å². The van der Waals surface area contributed by atoms with Crippen LogP contribution in [0.25, 0.3) is 0 Å². The molecule has 9 nitrogen and oxygen atoms in total. The van der Waals surface area contributed by atoms with E-state index in [2.05, 4.69) is 20.4 Å². The van der Waals surface area contributed by atoms with Crippen LogP contribution in [0.15, 0.2) is 60.9 Å². The van der Waals surface area contributed by atoms with Gasteiger partial charge in [0.1, 0.15) is 30.1 Å². The van der Waals surface area contributed by atoms with E-state index < -0.39 is 97.6 Å². The Morgan fingerprint density at radius 3 is 2.06 bits per heavy atom. The number of esters is 1. The summed E-state index contributed by atoms with van der Waals surface area (Å²) in [6.45, 7) is -1.98. The number of ketones is 1. The van der Waals surface area contributed by atoms with Crippen LogP contribution in [0.3, 0.4) is 0 Å². The summed E-state index contributed by atoms with van der Waals surface area (Å²) in [6, 6.07) is 7.15. The van der Waals surface area contributed by atoms with Crippen molar-refractivity contribution in [2.75, 3.05) is 26.4 Å². The Labute approximate surface area is 297 Å². The fraction of sp³-hybridized carbons (Fsp3) is 0.429. The van der Waals surface area contributed by atoms with Crippen LogP contribution in [0.2, 0.25) is 0 Å². The quantitative estimate of drug-likeness (QED) is 0.138. The van der Waals surface area contributed by atoms with Gasteiger partial charge in [0.2, 0.25) is 0 Å². The molecule has 1 amide bonds. The molecule has 1 aromatic heterocycles. The summed E-state index contributed by atoms with van der Waals surface area (Å²) < 4.78 is 133. The van der Waals surface area contributed by atoms with E-state index in [0.29, 0.717) is 0 Å². The van der Waals surface area contributed by atoms with Gasteiger partial charge < -0.3 is 24.8 Å². The molecule has 0 saturated carbocycles. The van der Waals surface area contributed by atoms with Gasteiger partial charge in [0.05, 0.1) is 37.8 Å². The molecule has 3 aromatic rings. The van der Waals surface area contributed by atoms with Crippen LogP contribution >= 0.6 is 0 Å². The lowest BCUT2D eigenvalue weighted by atomic mass is 9.81. The Bertz CT molecular complexity index is 1630. The van der Waals surface area contributed by atoms with Gasteiger partial charge >= 0.3 is 24.4 Å². The van der Waals surface area contributed by atoms with Crippen molar-refractivity contribution in [3.05, 3.63) is 101 Å². The summed E-state index contributed by atoms with van der Waals surface area (Å²) in [6.07, 6.45) is -11.9. The molecular weight excluding hydrogens is 729 g/mol. The Morgan fingerprint density at radius 2 is 1.51 bits per heavy atom. The standard InChI is InChI=1S/C35H34F9N3O6/c36-23-5-1-20(2-6-23)31(21-3-7-24(37)8-4-21)32(47-33(50)53-19-35(42,43)44)29(48)13-22-14-45-16-28(38)27(22)10-9-26-15-46-25(17-51-26)18-52-30(49)11-12-34(39,40)41/h1-8,14,16,25-26,31-32,46H,9-13,15,17-19H2,(H,47,50)/t25-,26+,32+/m0/s1. The zero-order valence-corrected chi connectivity index (χ0v) is 27.7. The first-order valence-corrected chi connectivity index (χ1v) is 16.2. The number of carbonyl (C=O) groups excluding carboxylic acids is 3. The molecule has 0 spiro atoms. The molecule has 1 saturated heterocycles. The molecule has 1 fully saturated rings. The van der Waals surface area contributed by atoms with Gasteiger partial charge in [-0.2, -0.15) is 26.3 Å². The van der Waals surface area contributed by atoms with E-state index in [1.54, 1.807) is 0 Å². The van der Waals surface area contributed by atoms with Gasteiger partial charge in [-0.1, -0.05) is 24.3 Å². The van der Waals surface area contributed by atoms with Crippen LogP contribution in [0, 0.1) is 17.5 Å². The van der Waals surface area contributed by atoms with Crippen molar-refractivity contribution in [1.29, 1.82) is 0 Å². The predicted molar refractivity (Wildman–Crippen MR) is 168 cm³/mol. The van der Waals surface area contributed by atoms with Gasteiger partial charge in [-0.25, -0.2) is 18.0 Å². The second kappa shape index (κ2) is 18.4. The van der Waals surface area contributed by atoms with E-state index in [1.807, 2.05) is 0 Å². The normalized spacial score (nSPS) is 16.9. The number of halogens is 9. The van der Waals surface area contributed by atoms with Crippen LogP contribution in [-0.4, -0.2) is 79.7 Å². The maximum Gasteiger partial charge on any atom is 0.422 e. The molecule has 0 radical (unpaired) electrons. The van der Waals surface area contributed by atoms with Gasteiger partial charge in [-0.05, 0) is 59.4 Å². The van der Waals surface area contributed by atoms with E-state index in [1.165, 1.54) is 30.5 Å². The number of benzene rings is 2. The molecule has 0 aliphatic carbocycles. The van der Waals surface area contributed by atoms with Crippen molar-refractivity contribution in [1.82, 2.24) is 15.6 Å². The Morgan fingerprint density at radius 1 is 0.887 bits per heavy atom. The molecule has 0 bridgehead atoms. The third kappa shape index (κ3) is 13.3. The number of carbonyl (C=O) groups is 3. The Kier molecular flexibility index (Phi) is 14.2. The van der Waals surface area contributed by atoms with E-state index in [4.69, 9.17) is 9.47 Å². The number of Topliss-reactive ketones (excluding diaryl/α,β-unsaturated/α-hetero) is 1. The topological polar surface area (TPSA) is 116 Å². The van der Waals surface area contributed by atoms with Crippen LogP contribution in [0.5, 0.6) is 0 Å². The van der Waals surface area contributed by atoms with Gasteiger partial charge in [-0.15, -0.1) is 0 Å². The number of pyridine rings is 1. The maximum absolute atomic E-state index is 15.2. The number of hydrogen-bond acceptors (Lipinski definition) is 8. The second-order valence-corrected chi connectivity index (χ2v) is 12.2. The number of alkyl carbamates (subject to hydrolysis) is 1. The van der Waals surface area contributed by atoms with Crippen LogP contribution in [-0.2, 0) is 36.6 Å². The highest BCUT2D eigenvalue weighted by molar-refractivity contribution is 5.91. The lowest BCUT2D eigenvalue weighted by molar-refractivity contribution is -0.160. The van der Waals surface area contributed by atoms with Crippen LogP contribution in [0.1, 0.15) is 47.4 Å². The number of ether oxygens (including phenoxy) is 3. The third-order valence-electron chi connectivity index (χ3n) is 8.18. The van der Waals surface area contributed by atoms with Gasteiger partial charge in [0.25, 0.3) is 0 Å². The van der Waals surface area contributed by atoms with E-state index >= 15 is 4.39 Å². The van der Waals surface area contributed by atoms with Crippen molar-refractivity contribution in [2.45, 2.75) is 68.6 Å². The van der Waals surface area contributed by atoms with Gasteiger partial charge in [-0.3, -0.25) is 14.6 Å². The smallest absolute Gasteiger partial charge is 0.422 e. The van der Waals surface area contributed by atoms with Crippen molar-refractivity contribution in [2.24, 2.45) is 0 Å². The van der Waals surface area contributed by atoms with Crippen molar-refractivity contribution in [3.63, 3.8) is 0 Å². The number of aromatic nitrogens is 1. The highest BCUT2D eigenvalue weighted by Gasteiger charge is 2.36. The SMILES string of the molecule is O=C(CCC(F)(F)F)OC[C@@H]1CO[C@H](CCc2c(F)cncc2CC(=O)[C@@H](NC(=O)OCC(F)(F)F)C(c2ccc(F)cc2)c2ccc(F)cc2)CN1. The summed E-state index contributed by atoms with van der Waals surface area (Å²) in [5, 5.41) is 5.21. The second-order valence-electron chi connectivity index (χ2n) is 12.2. The van der Waals surface area contributed by atoms with Crippen molar-refractivity contribution >= 4 is 17.8 Å². The number of nitrogens with one attached hydrogen (secondary N) is 2. The fourth-order valence-electron chi connectivity index (χ4n) is 5.59. The molecule has 18 heteroatoms. The number of hydrogen-bond donors (Lipinski definition) is 2. The predicted octanol–water partition coefficient (Wildman–Crippen LogP) is 6.28. The fourth-order valence-corrected chi connectivity index (χ4v) is 5.59. The molecule has 3 atom stereocenters. The maximum atomic E-state index is 15.2. The number of nitrogens with zero attached hydrogens (tertiary/aromatic N) is 1. The molecule has 1 aliphatic heterocycles. The number of rotatable bonds is 15. The summed E-state index contributed by atoms with van der Waals surface area (Å²) in [5.74, 6) is -5.14. The number of morpholine rings is 1. The Hall–Kier alpha value is -4.71. The van der Waals surface area contributed by atoms with Crippen LogP contribution < -0.4 is 10.6 Å². The third-order valence-corrected chi connectivity index (χ3v) is 8.18. The molecular formula is C35H34F9N3O6. The summed E-state index contributed by atoms with van der Waals surface area (Å²) in [5.41, 5.74) is 0.578. The minimum absolute atomic E-state index is 0.00544. The van der Waals surface area contributed by atoms with E-state index in [9.17, 15) is 49.5 Å². The molecule has 1 aliphatic rings. The number of amides is 1. The highest BCUT2D eigenvalue weighted by atomic mass is 19.4. The zero-order chi connectivity index (χ0) is 38.8. The van der Waals surface area contributed by atoms with Crippen molar-refractivity contribution in [3.8, 4) is 0 Å². The first-order valence-electron chi connectivity index (χ1n) is 16.2. The monoisotopic (exact) mass is 763 g/mol. The average molecular weight is 764 g/mol. The molecule has 2 heterocycles. The molecule has 0 unspecified atom stereocenters. The van der Waals surface area contributed by atoms with Crippen LogP contribution in [0.4, 0.5) is 44.3 Å². The zero-order valence-electron chi connectivity index (χ0n) is 27.7. The summed E-state index contributed by atoms with van der Waals surface area (Å²) in [7, 11) is 0. The first-order chi connectivity index (χ1) is 25.0. The van der Waals surface area contributed by atoms with Crippen molar-refractivity contribution < 1.29 is 68.1 Å². The largest absolute Gasteiger partial charge is 0.464 e. The minimum atomic E-state index is -4.89. The molecule has 4 rings (SSSR count). The lowest BCUT2D eigenvalue weighted by Gasteiger charge is -2.30. The summed E-state index contributed by atoms with van der Waals surface area (Å²) >= 11 is 0. The molecule has 2 aromatic carbocycles. The van der Waals surface area contributed by atoms with E-state index in [0.717, 1.165) is 30.5 Å². The minimum Gasteiger partial charge on any atom is -0.464 e. The average Bonchev–Trinajstić information content (AvgIpc) is 3.09. The molecule has 288 valence electrons. The van der Waals surface area contributed by atoms with Gasteiger partial charge in [0, 0.05) is 25.1 Å². The highest BCUT2D eigenvalue weighted by Crippen LogP contribution is 2.31. The summed E-state index contributed by atoms with van der Waals surface area (Å²) in [4.78, 5) is 42.1. The molecule has 53 heavy (non-hydrogen) atoms. The lowest BCUT2D eigenvalue weighted by Crippen LogP contribution is -2.49. The Balaban J connectivity index is 1.49. The van der Waals surface area contributed by atoms with Gasteiger partial charge in [0.15, 0.2) is 12.4 Å². The first kappa shape index (κ1) is 41.1. The number of alkyl halides is 6. The molecule has 2 N–H and O–H groups in total.